The molecule has 0 unspecified atom stereocenters. The number of rotatable bonds is 4. The van der Waals surface area contributed by atoms with Gasteiger partial charge < -0.3 is 9.80 Å². The van der Waals surface area contributed by atoms with Crippen LogP contribution in [0, 0.1) is 0 Å². The summed E-state index contributed by atoms with van der Waals surface area (Å²) in [6.07, 6.45) is 6.01. The molecule has 2 amide bonds. The fourth-order valence-corrected chi connectivity index (χ4v) is 2.50. The normalized spacial score (nSPS) is 19.2. The molecule has 0 spiro atoms. The van der Waals surface area contributed by atoms with Crippen LogP contribution in [0.4, 0.5) is 0 Å². The summed E-state index contributed by atoms with van der Waals surface area (Å²) in [5.74, 6) is 0.679. The Morgan fingerprint density at radius 3 is 2.05 bits per heavy atom. The lowest BCUT2D eigenvalue weighted by molar-refractivity contribution is -0.129. The van der Waals surface area contributed by atoms with E-state index in [1.165, 1.54) is 6.42 Å². The molecule has 2 rings (SSSR count). The third kappa shape index (κ3) is 5.21. The molecule has 2 fully saturated rings. The van der Waals surface area contributed by atoms with Crippen molar-refractivity contribution < 1.29 is 9.59 Å². The molecule has 0 aromatic rings. The first-order chi connectivity index (χ1) is 9.06. The SMILES string of the molecule is CC(C)N1CCCC1=O.CCCCN1CCCC1=O. The molecule has 2 aliphatic heterocycles. The Morgan fingerprint density at radius 2 is 1.68 bits per heavy atom. The van der Waals surface area contributed by atoms with Crippen LogP contribution in [0.5, 0.6) is 0 Å². The van der Waals surface area contributed by atoms with Crippen molar-refractivity contribution in [2.24, 2.45) is 0 Å². The maximum Gasteiger partial charge on any atom is 0.222 e. The predicted octanol–water partition coefficient (Wildman–Crippen LogP) is 2.43. The maximum absolute atomic E-state index is 11.0. The third-order valence-corrected chi connectivity index (χ3v) is 3.69. The highest BCUT2D eigenvalue weighted by Gasteiger charge is 2.21. The molecule has 0 atom stereocenters. The number of carbonyl (C=O) groups is 2. The van der Waals surface area contributed by atoms with E-state index in [9.17, 15) is 9.59 Å². The minimum absolute atomic E-state index is 0.324. The highest BCUT2D eigenvalue weighted by Crippen LogP contribution is 2.12. The van der Waals surface area contributed by atoms with Crippen LogP contribution in [0.2, 0.25) is 0 Å². The molecule has 19 heavy (non-hydrogen) atoms. The first-order valence-corrected chi connectivity index (χ1v) is 7.63. The molecule has 0 N–H and O–H groups in total. The number of unbranched alkanes of at least 4 members (excludes halogenated alkanes) is 1. The molecule has 2 heterocycles. The standard InChI is InChI=1S/C8H15NO.C7H13NO/c1-2-3-6-9-7-4-5-8(9)10;1-6(2)8-5-3-4-7(8)9/h2-7H2,1H3;6H,3-5H2,1-2H3. The Labute approximate surface area is 117 Å². The molecule has 4 nitrogen and oxygen atoms in total. The largest absolute Gasteiger partial charge is 0.343 e. The predicted molar refractivity (Wildman–Crippen MR) is 76.8 cm³/mol. The van der Waals surface area contributed by atoms with Crippen molar-refractivity contribution in [1.82, 2.24) is 9.80 Å². The van der Waals surface area contributed by atoms with E-state index in [-0.39, 0.29) is 0 Å². The average molecular weight is 268 g/mol. The lowest BCUT2D eigenvalue weighted by Gasteiger charge is -2.19. The molecule has 0 aromatic carbocycles. The van der Waals surface area contributed by atoms with E-state index in [0.29, 0.717) is 17.9 Å². The van der Waals surface area contributed by atoms with E-state index in [1.807, 2.05) is 9.80 Å². The Morgan fingerprint density at radius 1 is 1.05 bits per heavy atom. The van der Waals surface area contributed by atoms with Gasteiger partial charge in [-0.1, -0.05) is 13.3 Å². The van der Waals surface area contributed by atoms with Crippen LogP contribution in [0.25, 0.3) is 0 Å². The van der Waals surface area contributed by atoms with Gasteiger partial charge in [0.1, 0.15) is 0 Å². The van der Waals surface area contributed by atoms with Crippen molar-refractivity contribution in [3.05, 3.63) is 0 Å². The first-order valence-electron chi connectivity index (χ1n) is 7.63. The summed E-state index contributed by atoms with van der Waals surface area (Å²) >= 11 is 0. The number of amides is 2. The third-order valence-electron chi connectivity index (χ3n) is 3.69. The Hall–Kier alpha value is -1.06. The van der Waals surface area contributed by atoms with Gasteiger partial charge in [-0.05, 0) is 33.1 Å². The molecular weight excluding hydrogens is 240 g/mol. The summed E-state index contributed by atoms with van der Waals surface area (Å²) in [6.45, 7) is 9.22. The minimum atomic E-state index is 0.324. The van der Waals surface area contributed by atoms with E-state index in [1.54, 1.807) is 0 Å². The molecular formula is C15H28N2O2. The van der Waals surface area contributed by atoms with E-state index in [2.05, 4.69) is 20.8 Å². The van der Waals surface area contributed by atoms with Gasteiger partial charge in [0, 0.05) is 38.5 Å². The van der Waals surface area contributed by atoms with E-state index in [4.69, 9.17) is 0 Å². The molecule has 0 radical (unpaired) electrons. The summed E-state index contributed by atoms with van der Waals surface area (Å²) in [4.78, 5) is 25.9. The Balaban J connectivity index is 0.000000191. The van der Waals surface area contributed by atoms with Gasteiger partial charge in [0.05, 0.1) is 0 Å². The van der Waals surface area contributed by atoms with Gasteiger partial charge in [-0.2, -0.15) is 0 Å². The van der Waals surface area contributed by atoms with Gasteiger partial charge >= 0.3 is 0 Å². The van der Waals surface area contributed by atoms with E-state index in [0.717, 1.165) is 51.7 Å². The zero-order valence-electron chi connectivity index (χ0n) is 12.7. The fraction of sp³-hybridized carbons (Fsp3) is 0.867. The number of likely N-dealkylation sites (tertiary alicyclic amines) is 2. The van der Waals surface area contributed by atoms with E-state index >= 15 is 0 Å². The van der Waals surface area contributed by atoms with Crippen molar-refractivity contribution in [2.45, 2.75) is 65.3 Å². The van der Waals surface area contributed by atoms with Gasteiger partial charge in [-0.3, -0.25) is 9.59 Å². The monoisotopic (exact) mass is 268 g/mol. The average Bonchev–Trinajstić information content (AvgIpc) is 2.96. The maximum atomic E-state index is 11.0. The highest BCUT2D eigenvalue weighted by molar-refractivity contribution is 5.78. The van der Waals surface area contributed by atoms with Gasteiger partial charge in [0.25, 0.3) is 0 Å². The summed E-state index contributed by atoms with van der Waals surface area (Å²) < 4.78 is 0. The van der Waals surface area contributed by atoms with Crippen LogP contribution in [-0.2, 0) is 9.59 Å². The van der Waals surface area contributed by atoms with Crippen LogP contribution < -0.4 is 0 Å². The van der Waals surface area contributed by atoms with Gasteiger partial charge in [-0.25, -0.2) is 0 Å². The molecule has 0 aromatic heterocycles. The molecule has 110 valence electrons. The summed E-state index contributed by atoms with van der Waals surface area (Å²) in [7, 11) is 0. The summed E-state index contributed by atoms with van der Waals surface area (Å²) in [5, 5.41) is 0. The molecule has 0 bridgehead atoms. The number of nitrogens with zero attached hydrogens (tertiary/aromatic N) is 2. The van der Waals surface area contributed by atoms with Crippen molar-refractivity contribution in [2.75, 3.05) is 19.6 Å². The lowest BCUT2D eigenvalue weighted by Crippen LogP contribution is -2.31. The Bertz CT molecular complexity index is 303. The highest BCUT2D eigenvalue weighted by atomic mass is 16.2. The van der Waals surface area contributed by atoms with Crippen molar-refractivity contribution in [1.29, 1.82) is 0 Å². The second kappa shape index (κ2) is 8.18. The summed E-state index contributed by atoms with van der Waals surface area (Å²) in [5.41, 5.74) is 0. The Kier molecular flexibility index (Phi) is 6.89. The quantitative estimate of drug-likeness (QED) is 0.785. The zero-order chi connectivity index (χ0) is 14.3. The van der Waals surface area contributed by atoms with Crippen LogP contribution in [0.3, 0.4) is 0 Å². The molecule has 0 saturated carbocycles. The number of carbonyl (C=O) groups excluding carboxylic acids is 2. The van der Waals surface area contributed by atoms with Gasteiger partial charge in [0.15, 0.2) is 0 Å². The molecule has 2 saturated heterocycles. The van der Waals surface area contributed by atoms with E-state index < -0.39 is 0 Å². The van der Waals surface area contributed by atoms with Gasteiger partial charge in [-0.15, -0.1) is 0 Å². The molecule has 4 heteroatoms. The number of hydrogen-bond donors (Lipinski definition) is 0. The smallest absolute Gasteiger partial charge is 0.222 e. The minimum Gasteiger partial charge on any atom is -0.343 e. The number of hydrogen-bond acceptors (Lipinski definition) is 2. The lowest BCUT2D eigenvalue weighted by atomic mass is 10.3. The zero-order valence-corrected chi connectivity index (χ0v) is 12.7. The molecule has 0 aliphatic carbocycles. The second-order valence-electron chi connectivity index (χ2n) is 5.62. The van der Waals surface area contributed by atoms with Crippen LogP contribution in [0.15, 0.2) is 0 Å². The second-order valence-corrected chi connectivity index (χ2v) is 5.62. The van der Waals surface area contributed by atoms with Crippen molar-refractivity contribution in [3.63, 3.8) is 0 Å². The fourth-order valence-electron chi connectivity index (χ4n) is 2.50. The topological polar surface area (TPSA) is 40.6 Å². The van der Waals surface area contributed by atoms with Crippen molar-refractivity contribution in [3.8, 4) is 0 Å². The first kappa shape index (κ1) is 16.0. The van der Waals surface area contributed by atoms with Crippen LogP contribution in [0.1, 0.15) is 59.3 Å². The molecule has 2 aliphatic rings. The van der Waals surface area contributed by atoms with Crippen molar-refractivity contribution >= 4 is 11.8 Å². The summed E-state index contributed by atoms with van der Waals surface area (Å²) in [6, 6.07) is 0.403. The van der Waals surface area contributed by atoms with Gasteiger partial charge in [0.2, 0.25) is 11.8 Å². The van der Waals surface area contributed by atoms with Crippen LogP contribution >= 0.6 is 0 Å². The van der Waals surface area contributed by atoms with Crippen LogP contribution in [-0.4, -0.2) is 47.3 Å².